The van der Waals surface area contributed by atoms with Crippen LogP contribution in [0.25, 0.3) is 0 Å². The molecule has 1 aromatic heterocycles. The lowest BCUT2D eigenvalue weighted by Crippen LogP contribution is -2.17. The Balaban J connectivity index is 1.95. The molecule has 1 aromatic carbocycles. The quantitative estimate of drug-likeness (QED) is 0.661. The van der Waals surface area contributed by atoms with Crippen LogP contribution in [0, 0.1) is 13.8 Å². The Labute approximate surface area is 138 Å². The van der Waals surface area contributed by atoms with Crippen molar-refractivity contribution in [1.29, 1.82) is 0 Å². The van der Waals surface area contributed by atoms with Gasteiger partial charge in [-0.15, -0.1) is 0 Å². The molecule has 2 N–H and O–H groups in total. The lowest BCUT2D eigenvalue weighted by molar-refractivity contribution is 0.0462. The van der Waals surface area contributed by atoms with E-state index in [0.29, 0.717) is 26.4 Å². The largest absolute Gasteiger partial charge is 0.378 e. The average Bonchev–Trinajstić information content (AvgIpc) is 3.07. The van der Waals surface area contributed by atoms with Crippen LogP contribution in [0.5, 0.6) is 0 Å². The maximum absolute atomic E-state index is 5.86. The predicted molar refractivity (Wildman–Crippen MR) is 91.9 cm³/mol. The second-order valence-electron chi connectivity index (χ2n) is 5.64. The van der Waals surface area contributed by atoms with Crippen LogP contribution in [0.2, 0.25) is 0 Å². The molecule has 1 unspecified atom stereocenters. The summed E-state index contributed by atoms with van der Waals surface area (Å²) in [5, 5.41) is 3.05. The number of aromatic nitrogens is 2. The van der Waals surface area contributed by atoms with Gasteiger partial charge in [-0.1, -0.05) is 18.2 Å². The summed E-state index contributed by atoms with van der Waals surface area (Å²) in [6, 6.07) is 6.40. The van der Waals surface area contributed by atoms with Crippen molar-refractivity contribution < 1.29 is 9.47 Å². The topological polar surface area (TPSA) is 59.2 Å². The number of aryl methyl sites for hydroxylation is 1. The molecule has 2 aromatic rings. The fourth-order valence-corrected chi connectivity index (χ4v) is 2.55. The third kappa shape index (κ3) is 5.16. The van der Waals surface area contributed by atoms with Gasteiger partial charge in [-0.3, -0.25) is 0 Å². The summed E-state index contributed by atoms with van der Waals surface area (Å²) < 4.78 is 11.3. The minimum absolute atomic E-state index is 0.162. The number of hydrogen-bond acceptors (Lipinski definition) is 4. The van der Waals surface area contributed by atoms with Crippen LogP contribution in [0.4, 0.5) is 0 Å². The molecule has 0 fully saturated rings. The summed E-state index contributed by atoms with van der Waals surface area (Å²) in [5.41, 5.74) is 4.96. The highest BCUT2D eigenvalue weighted by atomic mass is 16.5. The Morgan fingerprint density at radius 3 is 2.74 bits per heavy atom. The highest BCUT2D eigenvalue weighted by Crippen LogP contribution is 2.27. The van der Waals surface area contributed by atoms with Gasteiger partial charge in [0.2, 0.25) is 0 Å². The second-order valence-corrected chi connectivity index (χ2v) is 5.64. The Morgan fingerprint density at radius 1 is 1.17 bits per heavy atom. The van der Waals surface area contributed by atoms with Crippen LogP contribution in [-0.4, -0.2) is 50.0 Å². The van der Waals surface area contributed by atoms with Crippen molar-refractivity contribution >= 4 is 0 Å². The molecule has 0 saturated carbocycles. The number of nitrogens with one attached hydrogen (secondary N) is 2. The molecule has 5 heteroatoms. The number of ether oxygens (including phenoxy) is 2. The average molecular weight is 317 g/mol. The third-order valence-corrected chi connectivity index (χ3v) is 4.07. The Morgan fingerprint density at radius 2 is 2.00 bits per heavy atom. The van der Waals surface area contributed by atoms with Crippen LogP contribution in [0.1, 0.15) is 28.3 Å². The van der Waals surface area contributed by atoms with Crippen LogP contribution >= 0.6 is 0 Å². The number of likely N-dealkylation sites (N-methyl/N-ethyl adjacent to an activating group) is 1. The molecule has 0 radical (unpaired) electrons. The van der Waals surface area contributed by atoms with E-state index >= 15 is 0 Å². The third-order valence-electron chi connectivity index (χ3n) is 4.07. The minimum atomic E-state index is 0.162. The van der Waals surface area contributed by atoms with Gasteiger partial charge in [0.05, 0.1) is 32.8 Å². The highest BCUT2D eigenvalue weighted by Gasteiger charge is 2.18. The molecule has 0 spiro atoms. The van der Waals surface area contributed by atoms with E-state index in [1.807, 2.05) is 13.2 Å². The van der Waals surface area contributed by atoms with E-state index in [9.17, 15) is 0 Å². The lowest BCUT2D eigenvalue weighted by atomic mass is 9.91. The van der Waals surface area contributed by atoms with Gasteiger partial charge in [0.15, 0.2) is 0 Å². The molecule has 0 bridgehead atoms. The molecule has 0 aliphatic heterocycles. The molecule has 0 amide bonds. The van der Waals surface area contributed by atoms with Crippen LogP contribution < -0.4 is 5.32 Å². The second kappa shape index (κ2) is 9.45. The Bertz CT molecular complexity index is 570. The number of hydrogen-bond donors (Lipinski definition) is 2. The number of benzene rings is 1. The molecule has 2 rings (SSSR count). The molecule has 0 aliphatic rings. The van der Waals surface area contributed by atoms with Crippen molar-refractivity contribution in [3.05, 3.63) is 53.1 Å². The summed E-state index contributed by atoms with van der Waals surface area (Å²) >= 11 is 0. The zero-order valence-electron chi connectivity index (χ0n) is 14.3. The molecule has 0 aliphatic carbocycles. The molecular formula is C18H27N3O2. The summed E-state index contributed by atoms with van der Waals surface area (Å²) in [4.78, 5) is 7.38. The van der Waals surface area contributed by atoms with E-state index in [1.165, 1.54) is 16.7 Å². The standard InChI is InChI=1S/C18H27N3O2/c1-14-5-4-6-16(15(14)2)17(18-11-20-13-21-18)12-23-10-9-22-8-7-19-3/h4-6,11,13,17,19H,7-10,12H2,1-3H3,(H,20,21). The number of rotatable bonds is 10. The minimum Gasteiger partial charge on any atom is -0.378 e. The molecule has 1 atom stereocenters. The van der Waals surface area contributed by atoms with E-state index in [0.717, 1.165) is 12.2 Å². The summed E-state index contributed by atoms with van der Waals surface area (Å²) in [5.74, 6) is 0.162. The van der Waals surface area contributed by atoms with Gasteiger partial charge >= 0.3 is 0 Å². The molecule has 126 valence electrons. The normalized spacial score (nSPS) is 12.5. The number of H-pyrrole nitrogens is 1. The maximum atomic E-state index is 5.86. The zero-order chi connectivity index (χ0) is 16.5. The van der Waals surface area contributed by atoms with E-state index < -0.39 is 0 Å². The Hall–Kier alpha value is -1.69. The van der Waals surface area contributed by atoms with Crippen LogP contribution in [0.15, 0.2) is 30.7 Å². The van der Waals surface area contributed by atoms with E-state index in [4.69, 9.17) is 9.47 Å². The summed E-state index contributed by atoms with van der Waals surface area (Å²) in [7, 11) is 1.92. The first kappa shape index (κ1) is 17.7. The van der Waals surface area contributed by atoms with Crippen molar-refractivity contribution in [1.82, 2.24) is 15.3 Å². The monoisotopic (exact) mass is 317 g/mol. The first-order valence-corrected chi connectivity index (χ1v) is 8.08. The predicted octanol–water partition coefficient (Wildman–Crippen LogP) is 2.41. The molecule has 1 heterocycles. The fraction of sp³-hybridized carbons (Fsp3) is 0.500. The van der Waals surface area contributed by atoms with Crippen molar-refractivity contribution in [3.8, 4) is 0 Å². The van der Waals surface area contributed by atoms with Crippen molar-refractivity contribution in [2.45, 2.75) is 19.8 Å². The van der Waals surface area contributed by atoms with Crippen molar-refractivity contribution in [2.24, 2.45) is 0 Å². The zero-order valence-corrected chi connectivity index (χ0v) is 14.3. The van der Waals surface area contributed by atoms with Gasteiger partial charge in [-0.05, 0) is 37.6 Å². The van der Waals surface area contributed by atoms with Gasteiger partial charge in [-0.2, -0.15) is 0 Å². The SMILES string of the molecule is CNCCOCCOCC(c1cnc[nH]1)c1cccc(C)c1C. The first-order chi connectivity index (χ1) is 11.2. The Kier molecular flexibility index (Phi) is 7.26. The smallest absolute Gasteiger partial charge is 0.0921 e. The molecule has 23 heavy (non-hydrogen) atoms. The van der Waals surface area contributed by atoms with Crippen molar-refractivity contribution in [2.75, 3.05) is 40.0 Å². The van der Waals surface area contributed by atoms with Gasteiger partial charge in [0.25, 0.3) is 0 Å². The highest BCUT2D eigenvalue weighted by molar-refractivity contribution is 5.39. The first-order valence-electron chi connectivity index (χ1n) is 8.08. The van der Waals surface area contributed by atoms with E-state index in [-0.39, 0.29) is 5.92 Å². The van der Waals surface area contributed by atoms with Gasteiger partial charge in [-0.25, -0.2) is 4.98 Å². The van der Waals surface area contributed by atoms with Crippen LogP contribution in [-0.2, 0) is 9.47 Å². The van der Waals surface area contributed by atoms with E-state index in [2.05, 4.69) is 47.3 Å². The maximum Gasteiger partial charge on any atom is 0.0921 e. The molecular weight excluding hydrogens is 290 g/mol. The summed E-state index contributed by atoms with van der Waals surface area (Å²) in [6.07, 6.45) is 3.59. The van der Waals surface area contributed by atoms with Gasteiger partial charge in [0, 0.05) is 24.4 Å². The molecule has 0 saturated heterocycles. The lowest BCUT2D eigenvalue weighted by Gasteiger charge is -2.19. The summed E-state index contributed by atoms with van der Waals surface area (Å²) in [6.45, 7) is 7.69. The molecule has 5 nitrogen and oxygen atoms in total. The fourth-order valence-electron chi connectivity index (χ4n) is 2.55. The number of nitrogens with zero attached hydrogens (tertiary/aromatic N) is 1. The van der Waals surface area contributed by atoms with E-state index in [1.54, 1.807) is 6.33 Å². The van der Waals surface area contributed by atoms with Crippen LogP contribution in [0.3, 0.4) is 0 Å². The van der Waals surface area contributed by atoms with Gasteiger partial charge in [0.1, 0.15) is 0 Å². The number of aromatic amines is 1. The van der Waals surface area contributed by atoms with Gasteiger partial charge < -0.3 is 19.8 Å². The van der Waals surface area contributed by atoms with Crippen molar-refractivity contribution in [3.63, 3.8) is 0 Å². The number of imidazole rings is 1.